The maximum absolute atomic E-state index is 12.5. The molecule has 0 aliphatic carbocycles. The summed E-state index contributed by atoms with van der Waals surface area (Å²) >= 11 is 0. The summed E-state index contributed by atoms with van der Waals surface area (Å²) in [5, 5.41) is 0. The molecule has 0 unspecified atom stereocenters. The van der Waals surface area contributed by atoms with Crippen LogP contribution in [0.4, 0.5) is 0 Å². The first-order valence-electron chi connectivity index (χ1n) is 8.16. The fourth-order valence-corrected chi connectivity index (χ4v) is 3.00. The third-order valence-electron chi connectivity index (χ3n) is 4.15. The second kappa shape index (κ2) is 7.42. The molecule has 0 spiro atoms. The Bertz CT molecular complexity index is 612. The second-order valence-corrected chi connectivity index (χ2v) is 6.05. The van der Waals surface area contributed by atoms with E-state index in [1.165, 1.54) is 0 Å². The van der Waals surface area contributed by atoms with Crippen molar-refractivity contribution in [1.82, 2.24) is 14.5 Å². The zero-order valence-corrected chi connectivity index (χ0v) is 13.5. The molecule has 5 nitrogen and oxygen atoms in total. The van der Waals surface area contributed by atoms with E-state index in [1.54, 1.807) is 12.5 Å². The van der Waals surface area contributed by atoms with E-state index in [1.807, 2.05) is 40.8 Å². The maximum Gasteiger partial charge on any atom is 0.222 e. The van der Waals surface area contributed by atoms with E-state index in [0.29, 0.717) is 19.5 Å². The quantitative estimate of drug-likeness (QED) is 0.852. The predicted octanol–water partition coefficient (Wildman–Crippen LogP) is 2.65. The van der Waals surface area contributed by atoms with Gasteiger partial charge in [-0.1, -0.05) is 30.3 Å². The van der Waals surface area contributed by atoms with Crippen LogP contribution in [0.5, 0.6) is 0 Å². The Morgan fingerprint density at radius 2 is 2.13 bits per heavy atom. The third kappa shape index (κ3) is 4.20. The molecule has 1 aromatic heterocycles. The minimum absolute atomic E-state index is 0.0300. The summed E-state index contributed by atoms with van der Waals surface area (Å²) in [6.45, 7) is 4.17. The molecule has 1 aliphatic rings. The lowest BCUT2D eigenvalue weighted by molar-refractivity contribution is -0.145. The first-order valence-corrected chi connectivity index (χ1v) is 8.16. The molecule has 122 valence electrons. The van der Waals surface area contributed by atoms with Crippen LogP contribution >= 0.6 is 0 Å². The number of aryl methyl sites for hydroxylation is 1. The summed E-state index contributed by atoms with van der Waals surface area (Å²) in [5.41, 5.74) is 1.13. The first kappa shape index (κ1) is 15.7. The summed E-state index contributed by atoms with van der Waals surface area (Å²) in [4.78, 5) is 18.5. The molecule has 3 rings (SSSR count). The van der Waals surface area contributed by atoms with Gasteiger partial charge in [0.25, 0.3) is 0 Å². The van der Waals surface area contributed by atoms with E-state index in [4.69, 9.17) is 4.74 Å². The van der Waals surface area contributed by atoms with Gasteiger partial charge in [0.2, 0.25) is 5.91 Å². The van der Waals surface area contributed by atoms with Crippen LogP contribution in [-0.2, 0) is 16.1 Å². The Morgan fingerprint density at radius 1 is 1.30 bits per heavy atom. The summed E-state index contributed by atoms with van der Waals surface area (Å²) in [6.07, 6.45) is 6.89. The molecule has 0 radical (unpaired) electrons. The SMILES string of the molecule is C[C@H]1CN(C(=O)CCCn2ccnc2)C[C@@H](c2ccccc2)O1. The minimum atomic E-state index is -0.0300. The monoisotopic (exact) mass is 313 g/mol. The first-order chi connectivity index (χ1) is 11.2. The van der Waals surface area contributed by atoms with Gasteiger partial charge in [0.1, 0.15) is 6.10 Å². The normalized spacial score (nSPS) is 21.3. The molecule has 0 N–H and O–H groups in total. The number of hydrogen-bond acceptors (Lipinski definition) is 3. The van der Waals surface area contributed by atoms with Crippen molar-refractivity contribution in [1.29, 1.82) is 0 Å². The molecule has 5 heteroatoms. The molecular weight excluding hydrogens is 290 g/mol. The van der Waals surface area contributed by atoms with Crippen molar-refractivity contribution in [3.8, 4) is 0 Å². The standard InChI is InChI=1S/C18H23N3O2/c1-15-12-21(13-17(23-15)16-6-3-2-4-7-16)18(22)8-5-10-20-11-9-19-14-20/h2-4,6-7,9,11,14-15,17H,5,8,10,12-13H2,1H3/t15-,17-/m0/s1. The fourth-order valence-electron chi connectivity index (χ4n) is 3.00. The molecule has 1 saturated heterocycles. The molecule has 23 heavy (non-hydrogen) atoms. The van der Waals surface area contributed by atoms with Crippen molar-refractivity contribution in [2.75, 3.05) is 13.1 Å². The lowest BCUT2D eigenvalue weighted by Crippen LogP contribution is -2.45. The lowest BCUT2D eigenvalue weighted by atomic mass is 10.1. The van der Waals surface area contributed by atoms with Gasteiger partial charge in [-0.05, 0) is 18.9 Å². The van der Waals surface area contributed by atoms with Crippen LogP contribution in [0.3, 0.4) is 0 Å². The van der Waals surface area contributed by atoms with Gasteiger partial charge in [0.05, 0.1) is 19.0 Å². The molecule has 2 atom stereocenters. The zero-order chi connectivity index (χ0) is 16.1. The number of aromatic nitrogens is 2. The predicted molar refractivity (Wildman–Crippen MR) is 87.8 cm³/mol. The van der Waals surface area contributed by atoms with E-state index in [2.05, 4.69) is 17.1 Å². The van der Waals surface area contributed by atoms with Crippen LogP contribution in [0, 0.1) is 0 Å². The van der Waals surface area contributed by atoms with Crippen LogP contribution in [0.25, 0.3) is 0 Å². The highest BCUT2D eigenvalue weighted by Gasteiger charge is 2.28. The van der Waals surface area contributed by atoms with Gasteiger partial charge in [0.15, 0.2) is 0 Å². The number of nitrogens with zero attached hydrogens (tertiary/aromatic N) is 3. The van der Waals surface area contributed by atoms with E-state index in [9.17, 15) is 4.79 Å². The third-order valence-corrected chi connectivity index (χ3v) is 4.15. The Hall–Kier alpha value is -2.14. The van der Waals surface area contributed by atoms with Gasteiger partial charge in [-0.15, -0.1) is 0 Å². The highest BCUT2D eigenvalue weighted by molar-refractivity contribution is 5.76. The number of ether oxygens (including phenoxy) is 1. The van der Waals surface area contributed by atoms with Crippen LogP contribution in [0.1, 0.15) is 31.4 Å². The van der Waals surface area contributed by atoms with Crippen molar-refractivity contribution < 1.29 is 9.53 Å². The summed E-state index contributed by atoms with van der Waals surface area (Å²) < 4.78 is 8.01. The summed E-state index contributed by atoms with van der Waals surface area (Å²) in [5.74, 6) is 0.209. The topological polar surface area (TPSA) is 47.4 Å². The Kier molecular flexibility index (Phi) is 5.08. The number of carbonyl (C=O) groups is 1. The van der Waals surface area contributed by atoms with Crippen LogP contribution < -0.4 is 0 Å². The highest BCUT2D eigenvalue weighted by atomic mass is 16.5. The Balaban J connectivity index is 1.54. The van der Waals surface area contributed by atoms with E-state index in [0.717, 1.165) is 18.5 Å². The van der Waals surface area contributed by atoms with Gasteiger partial charge in [-0.25, -0.2) is 4.98 Å². The number of benzene rings is 1. The van der Waals surface area contributed by atoms with Crippen molar-refractivity contribution in [2.45, 2.75) is 38.5 Å². The number of hydrogen-bond donors (Lipinski definition) is 0. The summed E-state index contributed by atoms with van der Waals surface area (Å²) in [6, 6.07) is 10.1. The minimum Gasteiger partial charge on any atom is -0.367 e. The molecule has 1 fully saturated rings. The van der Waals surface area contributed by atoms with E-state index in [-0.39, 0.29) is 18.1 Å². The van der Waals surface area contributed by atoms with Gasteiger partial charge < -0.3 is 14.2 Å². The van der Waals surface area contributed by atoms with Gasteiger partial charge in [-0.2, -0.15) is 0 Å². The van der Waals surface area contributed by atoms with Gasteiger partial charge in [0, 0.05) is 31.9 Å². The summed E-state index contributed by atoms with van der Waals surface area (Å²) in [7, 11) is 0. The fraction of sp³-hybridized carbons (Fsp3) is 0.444. The van der Waals surface area contributed by atoms with Gasteiger partial charge >= 0.3 is 0 Å². The molecule has 1 aromatic carbocycles. The molecular formula is C18H23N3O2. The van der Waals surface area contributed by atoms with Crippen LogP contribution in [0.2, 0.25) is 0 Å². The second-order valence-electron chi connectivity index (χ2n) is 6.05. The molecule has 1 aliphatic heterocycles. The lowest BCUT2D eigenvalue weighted by Gasteiger charge is -2.37. The molecule has 2 heterocycles. The van der Waals surface area contributed by atoms with Crippen LogP contribution in [-0.4, -0.2) is 39.6 Å². The number of rotatable bonds is 5. The Labute approximate surface area is 136 Å². The number of morpholine rings is 1. The molecule has 1 amide bonds. The average Bonchev–Trinajstić information content (AvgIpc) is 3.08. The van der Waals surface area contributed by atoms with Crippen molar-refractivity contribution >= 4 is 5.91 Å². The van der Waals surface area contributed by atoms with Crippen molar-refractivity contribution in [3.05, 3.63) is 54.6 Å². The average molecular weight is 313 g/mol. The number of amides is 1. The number of imidazole rings is 1. The highest BCUT2D eigenvalue weighted by Crippen LogP contribution is 2.25. The molecule has 0 saturated carbocycles. The van der Waals surface area contributed by atoms with E-state index >= 15 is 0 Å². The molecule has 2 aromatic rings. The van der Waals surface area contributed by atoms with Crippen LogP contribution in [0.15, 0.2) is 49.1 Å². The van der Waals surface area contributed by atoms with Crippen molar-refractivity contribution in [2.24, 2.45) is 0 Å². The number of carbonyl (C=O) groups excluding carboxylic acids is 1. The Morgan fingerprint density at radius 3 is 2.87 bits per heavy atom. The zero-order valence-electron chi connectivity index (χ0n) is 13.5. The maximum atomic E-state index is 12.5. The van der Waals surface area contributed by atoms with Gasteiger partial charge in [-0.3, -0.25) is 4.79 Å². The largest absolute Gasteiger partial charge is 0.367 e. The van der Waals surface area contributed by atoms with Crippen molar-refractivity contribution in [3.63, 3.8) is 0 Å². The molecule has 0 bridgehead atoms. The smallest absolute Gasteiger partial charge is 0.222 e. The van der Waals surface area contributed by atoms with E-state index < -0.39 is 0 Å².